The largest absolute Gasteiger partial charge is 0.388 e. The molecule has 0 saturated carbocycles. The fourth-order valence-electron chi connectivity index (χ4n) is 2.31. The minimum Gasteiger partial charge on any atom is -0.388 e. The predicted molar refractivity (Wildman–Crippen MR) is 75.8 cm³/mol. The molecule has 0 unspecified atom stereocenters. The van der Waals surface area contributed by atoms with E-state index in [2.05, 4.69) is 5.32 Å². The first kappa shape index (κ1) is 14.7. The van der Waals surface area contributed by atoms with Crippen molar-refractivity contribution in [3.8, 4) is 0 Å². The predicted octanol–water partition coefficient (Wildman–Crippen LogP) is 2.58. The maximum absolute atomic E-state index is 10.8. The van der Waals surface area contributed by atoms with Gasteiger partial charge in [0.05, 0.1) is 18.1 Å². The van der Waals surface area contributed by atoms with Crippen LogP contribution in [-0.2, 0) is 16.1 Å². The second kappa shape index (κ2) is 7.21. The topological polar surface area (TPSA) is 73.6 Å². The number of non-ortho nitro benzene ring substituents is 1. The Morgan fingerprint density at radius 3 is 2.85 bits per heavy atom. The second-order valence-corrected chi connectivity index (χ2v) is 4.92. The Labute approximate surface area is 118 Å². The van der Waals surface area contributed by atoms with Crippen molar-refractivity contribution in [3.05, 3.63) is 33.9 Å². The highest BCUT2D eigenvalue weighted by Crippen LogP contribution is 2.23. The summed E-state index contributed by atoms with van der Waals surface area (Å²) in [5.41, 5.74) is 1.77. The number of ether oxygens (including phenoxy) is 2. The van der Waals surface area contributed by atoms with Crippen LogP contribution in [0.5, 0.6) is 0 Å². The van der Waals surface area contributed by atoms with E-state index in [1.807, 2.05) is 0 Å². The summed E-state index contributed by atoms with van der Waals surface area (Å²) in [5.74, 6) is 0.528. The number of hydrogen-bond donors (Lipinski definition) is 1. The van der Waals surface area contributed by atoms with Crippen LogP contribution in [0.1, 0.15) is 18.4 Å². The summed E-state index contributed by atoms with van der Waals surface area (Å²) in [6.07, 6.45) is 2.04. The van der Waals surface area contributed by atoms with Gasteiger partial charge in [-0.1, -0.05) is 0 Å². The summed E-state index contributed by atoms with van der Waals surface area (Å²) >= 11 is 0. The molecule has 1 aliphatic heterocycles. The molecule has 2 rings (SSSR count). The van der Waals surface area contributed by atoms with Crippen LogP contribution in [0.2, 0.25) is 0 Å². The Morgan fingerprint density at radius 1 is 1.45 bits per heavy atom. The lowest BCUT2D eigenvalue weighted by Gasteiger charge is -2.22. The van der Waals surface area contributed by atoms with E-state index in [1.54, 1.807) is 19.2 Å². The summed E-state index contributed by atoms with van der Waals surface area (Å²) in [6.45, 7) is 2.66. The number of nitrogens with zero attached hydrogens (tertiary/aromatic N) is 1. The molecule has 1 aliphatic rings. The average molecular weight is 280 g/mol. The highest BCUT2D eigenvalue weighted by atomic mass is 16.6. The van der Waals surface area contributed by atoms with Gasteiger partial charge in [0.2, 0.25) is 0 Å². The van der Waals surface area contributed by atoms with Gasteiger partial charge >= 0.3 is 0 Å². The maximum atomic E-state index is 10.8. The molecule has 0 spiro atoms. The third kappa shape index (κ3) is 3.91. The molecule has 0 bridgehead atoms. The first-order chi connectivity index (χ1) is 9.70. The van der Waals surface area contributed by atoms with Crippen LogP contribution in [0.15, 0.2) is 18.2 Å². The zero-order chi connectivity index (χ0) is 14.4. The molecule has 1 fully saturated rings. The van der Waals surface area contributed by atoms with E-state index in [1.165, 1.54) is 6.07 Å². The number of nitro benzene ring substituents is 1. The molecule has 1 aromatic rings. The number of nitro groups is 1. The highest BCUT2D eigenvalue weighted by molar-refractivity contribution is 5.55. The van der Waals surface area contributed by atoms with Crippen molar-refractivity contribution in [2.75, 3.05) is 32.2 Å². The van der Waals surface area contributed by atoms with E-state index < -0.39 is 0 Å². The molecular formula is C14H20N2O4. The van der Waals surface area contributed by atoms with E-state index in [-0.39, 0.29) is 10.6 Å². The van der Waals surface area contributed by atoms with Gasteiger partial charge in [0.25, 0.3) is 5.69 Å². The van der Waals surface area contributed by atoms with Gasteiger partial charge in [0, 0.05) is 43.6 Å². The molecule has 6 heteroatoms. The SMILES string of the molecule is CNc1ccc([N+](=O)[O-])cc1COCC1CCOCC1. The third-order valence-electron chi connectivity index (χ3n) is 3.52. The van der Waals surface area contributed by atoms with E-state index in [9.17, 15) is 10.1 Å². The molecular weight excluding hydrogens is 260 g/mol. The number of nitrogens with one attached hydrogen (secondary N) is 1. The molecule has 6 nitrogen and oxygen atoms in total. The fraction of sp³-hybridized carbons (Fsp3) is 0.571. The van der Waals surface area contributed by atoms with Crippen molar-refractivity contribution in [3.63, 3.8) is 0 Å². The first-order valence-electron chi connectivity index (χ1n) is 6.81. The van der Waals surface area contributed by atoms with Crippen LogP contribution in [0.3, 0.4) is 0 Å². The van der Waals surface area contributed by atoms with Gasteiger partial charge in [-0.3, -0.25) is 10.1 Å². The minimum atomic E-state index is -0.387. The van der Waals surface area contributed by atoms with Crippen LogP contribution in [-0.4, -0.2) is 31.8 Å². The van der Waals surface area contributed by atoms with E-state index >= 15 is 0 Å². The molecule has 1 saturated heterocycles. The minimum absolute atomic E-state index is 0.0914. The van der Waals surface area contributed by atoms with Gasteiger partial charge in [0.1, 0.15) is 0 Å². The Kier molecular flexibility index (Phi) is 5.31. The second-order valence-electron chi connectivity index (χ2n) is 4.92. The number of rotatable bonds is 6. The summed E-state index contributed by atoms with van der Waals surface area (Å²) in [7, 11) is 1.79. The van der Waals surface area contributed by atoms with E-state index in [4.69, 9.17) is 9.47 Å². The quantitative estimate of drug-likeness (QED) is 0.640. The molecule has 1 heterocycles. The summed E-state index contributed by atoms with van der Waals surface area (Å²) < 4.78 is 11.0. The van der Waals surface area contributed by atoms with Crippen molar-refractivity contribution in [2.45, 2.75) is 19.4 Å². The van der Waals surface area contributed by atoms with Crippen molar-refractivity contribution >= 4 is 11.4 Å². The lowest BCUT2D eigenvalue weighted by atomic mass is 10.0. The van der Waals surface area contributed by atoms with Crippen LogP contribution < -0.4 is 5.32 Å². The summed E-state index contributed by atoms with van der Waals surface area (Å²) in [4.78, 5) is 10.4. The van der Waals surface area contributed by atoms with Gasteiger partial charge in [-0.2, -0.15) is 0 Å². The smallest absolute Gasteiger partial charge is 0.269 e. The lowest BCUT2D eigenvalue weighted by molar-refractivity contribution is -0.384. The Balaban J connectivity index is 1.93. The summed E-state index contributed by atoms with van der Waals surface area (Å²) in [5, 5.41) is 13.8. The Morgan fingerprint density at radius 2 is 2.20 bits per heavy atom. The molecule has 20 heavy (non-hydrogen) atoms. The number of hydrogen-bond acceptors (Lipinski definition) is 5. The van der Waals surface area contributed by atoms with E-state index in [0.717, 1.165) is 37.3 Å². The van der Waals surface area contributed by atoms with Gasteiger partial charge in [-0.05, 0) is 24.8 Å². The van der Waals surface area contributed by atoms with Crippen molar-refractivity contribution < 1.29 is 14.4 Å². The summed E-state index contributed by atoms with van der Waals surface area (Å²) in [6, 6.07) is 4.77. The van der Waals surface area contributed by atoms with Crippen molar-refractivity contribution in [1.82, 2.24) is 0 Å². The number of anilines is 1. The third-order valence-corrected chi connectivity index (χ3v) is 3.52. The Hall–Kier alpha value is -1.66. The van der Waals surface area contributed by atoms with Crippen LogP contribution >= 0.6 is 0 Å². The molecule has 0 aliphatic carbocycles. The van der Waals surface area contributed by atoms with Crippen molar-refractivity contribution in [2.24, 2.45) is 5.92 Å². The molecule has 0 radical (unpaired) electrons. The molecule has 110 valence electrons. The number of benzene rings is 1. The monoisotopic (exact) mass is 280 g/mol. The van der Waals surface area contributed by atoms with Crippen LogP contribution in [0.4, 0.5) is 11.4 Å². The standard InChI is InChI=1S/C14H20N2O4/c1-15-14-3-2-13(16(17)18)8-12(14)10-20-9-11-4-6-19-7-5-11/h2-3,8,11,15H,4-7,9-10H2,1H3. The highest BCUT2D eigenvalue weighted by Gasteiger charge is 2.15. The van der Waals surface area contributed by atoms with Gasteiger partial charge in [-0.25, -0.2) is 0 Å². The van der Waals surface area contributed by atoms with Gasteiger partial charge < -0.3 is 14.8 Å². The average Bonchev–Trinajstić information content (AvgIpc) is 2.48. The zero-order valence-corrected chi connectivity index (χ0v) is 11.6. The molecule has 1 N–H and O–H groups in total. The zero-order valence-electron chi connectivity index (χ0n) is 11.6. The van der Waals surface area contributed by atoms with Gasteiger partial charge in [0.15, 0.2) is 0 Å². The van der Waals surface area contributed by atoms with Crippen LogP contribution in [0, 0.1) is 16.0 Å². The normalized spacial score (nSPS) is 16.1. The fourth-order valence-corrected chi connectivity index (χ4v) is 2.31. The van der Waals surface area contributed by atoms with E-state index in [0.29, 0.717) is 19.1 Å². The molecule has 1 aromatic carbocycles. The molecule has 0 atom stereocenters. The van der Waals surface area contributed by atoms with Crippen molar-refractivity contribution in [1.29, 1.82) is 0 Å². The van der Waals surface area contributed by atoms with Gasteiger partial charge in [-0.15, -0.1) is 0 Å². The molecule has 0 aromatic heterocycles. The first-order valence-corrected chi connectivity index (χ1v) is 6.81. The molecule has 0 amide bonds. The lowest BCUT2D eigenvalue weighted by Crippen LogP contribution is -2.20. The Bertz CT molecular complexity index is 458. The van der Waals surface area contributed by atoms with Crippen LogP contribution in [0.25, 0.3) is 0 Å². The maximum Gasteiger partial charge on any atom is 0.269 e.